The summed E-state index contributed by atoms with van der Waals surface area (Å²) in [5.74, 6) is 0.470. The molecule has 0 saturated heterocycles. The fourth-order valence-electron chi connectivity index (χ4n) is 1.32. The molecule has 0 heterocycles. The molecule has 0 aliphatic rings. The number of halogens is 2. The van der Waals surface area contributed by atoms with E-state index >= 15 is 0 Å². The molecule has 0 amide bonds. The highest BCUT2D eigenvalue weighted by Crippen LogP contribution is 2.20. The second-order valence-electron chi connectivity index (χ2n) is 3.21. The third-order valence-corrected chi connectivity index (χ3v) is 2.85. The number of Topliss-reactive ketones (excluding diaryl/α,β-unsaturated/α-hetero) is 1. The van der Waals surface area contributed by atoms with Crippen LogP contribution in [0, 0.1) is 6.92 Å². The summed E-state index contributed by atoms with van der Waals surface area (Å²) >= 11 is 9.09. The van der Waals surface area contributed by atoms with Crippen molar-refractivity contribution in [1.29, 1.82) is 0 Å². The Morgan fingerprint density at radius 3 is 2.71 bits per heavy atom. The highest BCUT2D eigenvalue weighted by Gasteiger charge is 2.16. The molecule has 1 rings (SSSR count). The Morgan fingerprint density at radius 1 is 1.57 bits per heavy atom. The van der Waals surface area contributed by atoms with E-state index in [1.54, 1.807) is 0 Å². The zero-order chi connectivity index (χ0) is 10.7. The molecule has 14 heavy (non-hydrogen) atoms. The first-order valence-electron chi connectivity index (χ1n) is 4.40. The largest absolute Gasteiger partial charge is 0.293 e. The zero-order valence-electron chi connectivity index (χ0n) is 8.18. The summed E-state index contributed by atoms with van der Waals surface area (Å²) in [6.45, 7) is 3.79. The standard InChI is InChI=1S/C11H12BrClO/c1-7-4-3-5-9(10(7)6-13)11(14)8(2)12/h3-5,8H,6H2,1-2H3. The summed E-state index contributed by atoms with van der Waals surface area (Å²) < 4.78 is 0. The molecule has 0 bridgehead atoms. The van der Waals surface area contributed by atoms with Gasteiger partial charge in [-0.25, -0.2) is 0 Å². The van der Waals surface area contributed by atoms with Crippen molar-refractivity contribution >= 4 is 33.3 Å². The van der Waals surface area contributed by atoms with Crippen LogP contribution in [0.1, 0.15) is 28.4 Å². The van der Waals surface area contributed by atoms with Crippen molar-refractivity contribution in [3.63, 3.8) is 0 Å². The third-order valence-electron chi connectivity index (χ3n) is 2.17. The Labute approximate surface area is 97.6 Å². The van der Waals surface area contributed by atoms with Gasteiger partial charge in [0.05, 0.1) is 4.83 Å². The topological polar surface area (TPSA) is 17.1 Å². The Hall–Kier alpha value is -0.340. The minimum atomic E-state index is -0.161. The maximum atomic E-state index is 11.8. The van der Waals surface area contributed by atoms with Crippen LogP contribution in [-0.4, -0.2) is 10.6 Å². The SMILES string of the molecule is Cc1cccc(C(=O)C(C)Br)c1CCl. The first-order valence-corrected chi connectivity index (χ1v) is 5.85. The molecule has 0 radical (unpaired) electrons. The minimum Gasteiger partial charge on any atom is -0.293 e. The molecule has 0 spiro atoms. The van der Waals surface area contributed by atoms with Gasteiger partial charge in [0.15, 0.2) is 5.78 Å². The van der Waals surface area contributed by atoms with Crippen molar-refractivity contribution in [3.8, 4) is 0 Å². The van der Waals surface area contributed by atoms with Crippen molar-refractivity contribution in [2.75, 3.05) is 0 Å². The number of aryl methyl sites for hydroxylation is 1. The van der Waals surface area contributed by atoms with Crippen LogP contribution in [0.2, 0.25) is 0 Å². The number of hydrogen-bond donors (Lipinski definition) is 0. The molecule has 0 aliphatic carbocycles. The summed E-state index contributed by atoms with van der Waals surface area (Å²) in [6, 6.07) is 5.67. The number of ketones is 1. The molecule has 76 valence electrons. The Bertz CT molecular complexity index is 347. The van der Waals surface area contributed by atoms with Crippen molar-refractivity contribution < 1.29 is 4.79 Å². The molecule has 0 fully saturated rings. The molecule has 3 heteroatoms. The first kappa shape index (κ1) is 11.7. The van der Waals surface area contributed by atoms with Crippen molar-refractivity contribution in [1.82, 2.24) is 0 Å². The minimum absolute atomic E-state index is 0.0874. The lowest BCUT2D eigenvalue weighted by Gasteiger charge is -2.10. The van der Waals surface area contributed by atoms with Crippen LogP contribution >= 0.6 is 27.5 Å². The van der Waals surface area contributed by atoms with Gasteiger partial charge in [0.25, 0.3) is 0 Å². The fourth-order valence-corrected chi connectivity index (χ4v) is 1.93. The van der Waals surface area contributed by atoms with E-state index in [1.165, 1.54) is 0 Å². The van der Waals surface area contributed by atoms with Crippen LogP contribution < -0.4 is 0 Å². The second kappa shape index (κ2) is 4.94. The highest BCUT2D eigenvalue weighted by molar-refractivity contribution is 9.10. The van der Waals surface area contributed by atoms with Gasteiger partial charge in [0.2, 0.25) is 0 Å². The van der Waals surface area contributed by atoms with E-state index in [9.17, 15) is 4.79 Å². The maximum absolute atomic E-state index is 11.8. The fraction of sp³-hybridized carbons (Fsp3) is 0.364. The van der Waals surface area contributed by atoms with Gasteiger partial charge in [0, 0.05) is 11.4 Å². The lowest BCUT2D eigenvalue weighted by atomic mass is 9.99. The number of carbonyl (C=O) groups excluding carboxylic acids is 1. The van der Waals surface area contributed by atoms with Gasteiger partial charge in [-0.05, 0) is 25.0 Å². The number of carbonyl (C=O) groups is 1. The molecule has 0 aromatic heterocycles. The monoisotopic (exact) mass is 274 g/mol. The summed E-state index contributed by atoms with van der Waals surface area (Å²) in [5.41, 5.74) is 2.73. The summed E-state index contributed by atoms with van der Waals surface area (Å²) in [6.07, 6.45) is 0. The molecule has 1 atom stereocenters. The van der Waals surface area contributed by atoms with Gasteiger partial charge in [-0.1, -0.05) is 34.1 Å². The highest BCUT2D eigenvalue weighted by atomic mass is 79.9. The van der Waals surface area contributed by atoms with Crippen molar-refractivity contribution in [2.24, 2.45) is 0 Å². The van der Waals surface area contributed by atoms with Gasteiger partial charge in [-0.2, -0.15) is 0 Å². The Kier molecular flexibility index (Phi) is 4.14. The Balaban J connectivity index is 3.20. The number of alkyl halides is 2. The van der Waals surface area contributed by atoms with Gasteiger partial charge < -0.3 is 0 Å². The van der Waals surface area contributed by atoms with E-state index < -0.39 is 0 Å². The number of rotatable bonds is 3. The average Bonchev–Trinajstić information content (AvgIpc) is 2.16. The Morgan fingerprint density at radius 2 is 2.21 bits per heavy atom. The van der Waals surface area contributed by atoms with Gasteiger partial charge in [-0.3, -0.25) is 4.79 Å². The molecule has 0 N–H and O–H groups in total. The van der Waals surface area contributed by atoms with Gasteiger partial charge in [0.1, 0.15) is 0 Å². The summed E-state index contributed by atoms with van der Waals surface area (Å²) in [5, 5.41) is 0. The van der Waals surface area contributed by atoms with E-state index in [4.69, 9.17) is 11.6 Å². The van der Waals surface area contributed by atoms with Crippen molar-refractivity contribution in [3.05, 3.63) is 34.9 Å². The molecule has 1 nitrogen and oxygen atoms in total. The third kappa shape index (κ3) is 2.37. The van der Waals surface area contributed by atoms with Crippen LogP contribution in [0.15, 0.2) is 18.2 Å². The second-order valence-corrected chi connectivity index (χ2v) is 4.86. The lowest BCUT2D eigenvalue weighted by molar-refractivity contribution is 0.0995. The molecule has 1 aromatic carbocycles. The number of benzene rings is 1. The van der Waals surface area contributed by atoms with Crippen LogP contribution in [0.3, 0.4) is 0 Å². The van der Waals surface area contributed by atoms with Crippen molar-refractivity contribution in [2.45, 2.75) is 24.6 Å². The maximum Gasteiger partial charge on any atom is 0.176 e. The smallest absolute Gasteiger partial charge is 0.176 e. The van der Waals surface area contributed by atoms with E-state index in [0.717, 1.165) is 16.7 Å². The summed E-state index contributed by atoms with van der Waals surface area (Å²) in [4.78, 5) is 11.6. The normalized spacial score (nSPS) is 12.6. The predicted octanol–water partition coefficient (Wildman–Crippen LogP) is 3.70. The van der Waals surface area contributed by atoms with Crippen LogP contribution in [0.5, 0.6) is 0 Å². The average molecular weight is 276 g/mol. The molecular weight excluding hydrogens is 263 g/mol. The first-order chi connectivity index (χ1) is 6.57. The molecule has 1 aromatic rings. The zero-order valence-corrected chi connectivity index (χ0v) is 10.5. The quantitative estimate of drug-likeness (QED) is 0.607. The van der Waals surface area contributed by atoms with Crippen LogP contribution in [0.4, 0.5) is 0 Å². The van der Waals surface area contributed by atoms with Crippen LogP contribution in [0.25, 0.3) is 0 Å². The van der Waals surface area contributed by atoms with E-state index in [-0.39, 0.29) is 10.6 Å². The predicted molar refractivity (Wildman–Crippen MR) is 63.5 cm³/mol. The molecule has 0 aliphatic heterocycles. The van der Waals surface area contributed by atoms with E-state index in [1.807, 2.05) is 32.0 Å². The van der Waals surface area contributed by atoms with E-state index in [0.29, 0.717) is 5.88 Å². The molecular formula is C11H12BrClO. The van der Waals surface area contributed by atoms with Gasteiger partial charge >= 0.3 is 0 Å². The summed E-state index contributed by atoms with van der Waals surface area (Å²) in [7, 11) is 0. The lowest BCUT2D eigenvalue weighted by Crippen LogP contribution is -2.12. The number of hydrogen-bond acceptors (Lipinski definition) is 1. The van der Waals surface area contributed by atoms with Crippen LogP contribution in [-0.2, 0) is 5.88 Å². The molecule has 1 unspecified atom stereocenters. The van der Waals surface area contributed by atoms with E-state index in [2.05, 4.69) is 15.9 Å². The molecule has 0 saturated carbocycles. The van der Waals surface area contributed by atoms with Gasteiger partial charge in [-0.15, -0.1) is 11.6 Å².